The number of hydrogen-bond acceptors (Lipinski definition) is 4. The Balaban J connectivity index is 2.18. The van der Waals surface area contributed by atoms with Crippen LogP contribution < -0.4 is 15.8 Å². The third-order valence-electron chi connectivity index (χ3n) is 4.26. The molecule has 0 spiro atoms. The highest BCUT2D eigenvalue weighted by molar-refractivity contribution is 6.12. The number of nitrogens with one attached hydrogen (secondary N) is 1. The minimum Gasteiger partial charge on any atom is -0.496 e. The van der Waals surface area contributed by atoms with Crippen LogP contribution in [0.2, 0.25) is 5.82 Å². The number of methoxy groups -OCH3 is 1. The van der Waals surface area contributed by atoms with Crippen LogP contribution in [0.25, 0.3) is 0 Å². The molecule has 0 bridgehead atoms. The molecule has 2 radical (unpaired) electrons. The van der Waals surface area contributed by atoms with Crippen LogP contribution in [-0.2, 0) is 6.42 Å². The molecule has 118 valence electrons. The van der Waals surface area contributed by atoms with Gasteiger partial charge in [0.2, 0.25) is 0 Å². The second-order valence-electron chi connectivity index (χ2n) is 5.90. The van der Waals surface area contributed by atoms with Crippen LogP contribution in [0.15, 0.2) is 12.1 Å². The Labute approximate surface area is 133 Å². The number of ether oxygens (including phenoxy) is 1. The summed E-state index contributed by atoms with van der Waals surface area (Å²) in [6, 6.07) is 3.50. The first-order chi connectivity index (χ1) is 10.5. The normalized spacial score (nSPS) is 22.3. The molecule has 1 amide bonds. The highest BCUT2D eigenvalue weighted by Crippen LogP contribution is 2.27. The molecule has 5 nitrogen and oxygen atoms in total. The fraction of sp³-hybridized carbons (Fsp3) is 0.562. The molecule has 22 heavy (non-hydrogen) atoms. The van der Waals surface area contributed by atoms with Crippen molar-refractivity contribution in [1.29, 1.82) is 0 Å². The summed E-state index contributed by atoms with van der Waals surface area (Å²) in [5.74, 6) is 0.276. The molecule has 1 fully saturated rings. The molecule has 0 aromatic heterocycles. The Morgan fingerprint density at radius 3 is 2.86 bits per heavy atom. The number of carbonyl (C=O) groups is 1. The number of carbonyl (C=O) groups excluding carboxylic acids is 1. The average molecular weight is 301 g/mol. The third-order valence-corrected chi connectivity index (χ3v) is 4.26. The highest BCUT2D eigenvalue weighted by atomic mass is 16.5. The Bertz CT molecular complexity index is 550. The van der Waals surface area contributed by atoms with Crippen molar-refractivity contribution in [3.8, 4) is 5.75 Å². The summed E-state index contributed by atoms with van der Waals surface area (Å²) < 4.78 is 5.30. The van der Waals surface area contributed by atoms with Gasteiger partial charge in [-0.2, -0.15) is 0 Å². The monoisotopic (exact) mass is 301 g/mol. The van der Waals surface area contributed by atoms with E-state index in [0.29, 0.717) is 17.0 Å². The number of nitrogens with two attached hydrogens (primary N) is 1. The molecule has 3 N–H and O–H groups in total. The van der Waals surface area contributed by atoms with E-state index in [1.54, 1.807) is 13.2 Å². The van der Waals surface area contributed by atoms with E-state index in [2.05, 4.69) is 10.2 Å². The number of aryl methyl sites for hydroxylation is 1. The molecule has 2 unspecified atom stereocenters. The first-order valence-electron chi connectivity index (χ1n) is 7.67. The Morgan fingerprint density at radius 2 is 2.27 bits per heavy atom. The summed E-state index contributed by atoms with van der Waals surface area (Å²) in [5, 5.41) is 3.04. The maximum Gasteiger partial charge on any atom is 0.255 e. The van der Waals surface area contributed by atoms with Gasteiger partial charge < -0.3 is 20.7 Å². The van der Waals surface area contributed by atoms with E-state index in [1.165, 1.54) is 0 Å². The zero-order chi connectivity index (χ0) is 16.3. The topological polar surface area (TPSA) is 67.6 Å². The summed E-state index contributed by atoms with van der Waals surface area (Å²) in [5.41, 5.74) is 8.06. The van der Waals surface area contributed by atoms with E-state index in [9.17, 15) is 4.79 Å². The standard InChI is InChI=1S/C16H24BN3O2/c1-4-10-7-11(15(22-3)8-13(10)18)16(21)19-14-5-6-20(2)9-12(14)17/h7-8,12,14H,4-6,9,18H2,1-3H3,(H,19,21). The van der Waals surface area contributed by atoms with Crippen LogP contribution in [0.4, 0.5) is 5.69 Å². The van der Waals surface area contributed by atoms with Crippen LogP contribution in [0.1, 0.15) is 29.3 Å². The lowest BCUT2D eigenvalue weighted by Crippen LogP contribution is -2.47. The quantitative estimate of drug-likeness (QED) is 0.648. The number of piperidine rings is 1. The molecule has 1 aliphatic rings. The molecule has 2 rings (SSSR count). The number of rotatable bonds is 4. The average Bonchev–Trinajstić information content (AvgIpc) is 2.49. The van der Waals surface area contributed by atoms with Gasteiger partial charge in [-0.3, -0.25) is 4.79 Å². The number of likely N-dealkylation sites (tertiary alicyclic amines) is 1. The number of benzene rings is 1. The lowest BCUT2D eigenvalue weighted by Gasteiger charge is -2.35. The summed E-state index contributed by atoms with van der Waals surface area (Å²) >= 11 is 0. The minimum absolute atomic E-state index is 0.0176. The maximum atomic E-state index is 12.6. The highest BCUT2D eigenvalue weighted by Gasteiger charge is 2.26. The Kier molecular flexibility index (Phi) is 5.35. The van der Waals surface area contributed by atoms with Gasteiger partial charge in [0.15, 0.2) is 0 Å². The first-order valence-corrected chi connectivity index (χ1v) is 7.67. The molecule has 1 aliphatic heterocycles. The van der Waals surface area contributed by atoms with Crippen molar-refractivity contribution in [1.82, 2.24) is 10.2 Å². The molecular formula is C16H24BN3O2. The van der Waals surface area contributed by atoms with Crippen molar-refractivity contribution in [2.75, 3.05) is 33.0 Å². The molecule has 6 heteroatoms. The molecule has 1 aromatic rings. The van der Waals surface area contributed by atoms with Gasteiger partial charge in [-0.1, -0.05) is 6.92 Å². The lowest BCUT2D eigenvalue weighted by molar-refractivity contribution is 0.0914. The Morgan fingerprint density at radius 1 is 1.55 bits per heavy atom. The van der Waals surface area contributed by atoms with Gasteiger partial charge in [-0.05, 0) is 50.4 Å². The van der Waals surface area contributed by atoms with Gasteiger partial charge in [-0.25, -0.2) is 0 Å². The fourth-order valence-corrected chi connectivity index (χ4v) is 2.87. The molecule has 1 heterocycles. The molecule has 2 atom stereocenters. The lowest BCUT2D eigenvalue weighted by atomic mass is 9.77. The van der Waals surface area contributed by atoms with Crippen molar-refractivity contribution in [3.63, 3.8) is 0 Å². The van der Waals surface area contributed by atoms with Gasteiger partial charge in [0, 0.05) is 17.8 Å². The maximum absolute atomic E-state index is 12.6. The number of nitrogen functional groups attached to an aromatic ring is 1. The van der Waals surface area contributed by atoms with Crippen LogP contribution in [0, 0.1) is 0 Å². The van der Waals surface area contributed by atoms with Gasteiger partial charge >= 0.3 is 0 Å². The van der Waals surface area contributed by atoms with E-state index in [0.717, 1.165) is 31.5 Å². The van der Waals surface area contributed by atoms with E-state index < -0.39 is 0 Å². The van der Waals surface area contributed by atoms with E-state index in [4.69, 9.17) is 18.3 Å². The van der Waals surface area contributed by atoms with E-state index in [1.807, 2.05) is 20.0 Å². The summed E-state index contributed by atoms with van der Waals surface area (Å²) in [6.07, 6.45) is 1.62. The van der Waals surface area contributed by atoms with Gasteiger partial charge in [0.1, 0.15) is 5.75 Å². The van der Waals surface area contributed by atoms with Crippen LogP contribution in [0.3, 0.4) is 0 Å². The Hall–Kier alpha value is -1.69. The number of amides is 1. The molecule has 0 aliphatic carbocycles. The van der Waals surface area contributed by atoms with E-state index in [-0.39, 0.29) is 17.8 Å². The number of anilines is 1. The van der Waals surface area contributed by atoms with Crippen molar-refractivity contribution >= 4 is 19.4 Å². The van der Waals surface area contributed by atoms with Crippen LogP contribution in [0.5, 0.6) is 5.75 Å². The molecule has 0 saturated carbocycles. The van der Waals surface area contributed by atoms with Gasteiger partial charge in [-0.15, -0.1) is 0 Å². The second-order valence-corrected chi connectivity index (χ2v) is 5.90. The zero-order valence-electron chi connectivity index (χ0n) is 13.6. The SMILES string of the molecule is [B]C1CN(C)CCC1NC(=O)c1cc(CC)c(N)cc1OC. The summed E-state index contributed by atoms with van der Waals surface area (Å²) in [7, 11) is 9.72. The summed E-state index contributed by atoms with van der Waals surface area (Å²) in [4.78, 5) is 14.8. The zero-order valence-corrected chi connectivity index (χ0v) is 13.6. The van der Waals surface area contributed by atoms with Crippen LogP contribution >= 0.6 is 0 Å². The largest absolute Gasteiger partial charge is 0.496 e. The van der Waals surface area contributed by atoms with Crippen molar-refractivity contribution in [2.24, 2.45) is 0 Å². The molecule has 1 aromatic carbocycles. The summed E-state index contributed by atoms with van der Waals surface area (Å²) in [6.45, 7) is 3.72. The predicted molar refractivity (Wildman–Crippen MR) is 89.7 cm³/mol. The van der Waals surface area contributed by atoms with Crippen molar-refractivity contribution in [3.05, 3.63) is 23.3 Å². The predicted octanol–water partition coefficient (Wildman–Crippen LogP) is 1.23. The first kappa shape index (κ1) is 16.7. The minimum atomic E-state index is -0.156. The molecule has 1 saturated heterocycles. The van der Waals surface area contributed by atoms with Crippen molar-refractivity contribution in [2.45, 2.75) is 31.6 Å². The number of hydrogen-bond donors (Lipinski definition) is 2. The van der Waals surface area contributed by atoms with Crippen LogP contribution in [-0.4, -0.2) is 51.9 Å². The fourth-order valence-electron chi connectivity index (χ4n) is 2.87. The van der Waals surface area contributed by atoms with Crippen molar-refractivity contribution < 1.29 is 9.53 Å². The molecular weight excluding hydrogens is 277 g/mol. The second kappa shape index (κ2) is 7.05. The van der Waals surface area contributed by atoms with Gasteiger partial charge in [0.25, 0.3) is 5.91 Å². The van der Waals surface area contributed by atoms with E-state index >= 15 is 0 Å². The third kappa shape index (κ3) is 3.55. The van der Waals surface area contributed by atoms with Gasteiger partial charge in [0.05, 0.1) is 20.5 Å². The smallest absolute Gasteiger partial charge is 0.255 e. The number of nitrogens with zero attached hydrogens (tertiary/aromatic N) is 1.